The van der Waals surface area contributed by atoms with Crippen LogP contribution in [0.25, 0.3) is 0 Å². The van der Waals surface area contributed by atoms with E-state index in [-0.39, 0.29) is 26.4 Å². The molecule has 0 aromatic rings. The standard InChI is InChI=1S/C7H11O6P/c8-1-5(2-9)6-3-11-14-12-7(6,4-10)13-14/h8-10H,1-4H2. The average molecular weight is 222 g/mol. The zero-order chi connectivity index (χ0) is 10.2. The molecule has 80 valence electrons. The third-order valence-electron chi connectivity index (χ3n) is 2.23. The zero-order valence-corrected chi connectivity index (χ0v) is 8.24. The van der Waals surface area contributed by atoms with E-state index in [1.165, 1.54) is 0 Å². The maximum atomic E-state index is 9.11. The lowest BCUT2D eigenvalue weighted by molar-refractivity contribution is -0.218. The van der Waals surface area contributed by atoms with Gasteiger partial charge in [0.2, 0.25) is 5.79 Å². The Morgan fingerprint density at radius 1 is 1.29 bits per heavy atom. The first kappa shape index (κ1) is 10.4. The lowest BCUT2D eigenvalue weighted by atomic mass is 10.0. The van der Waals surface area contributed by atoms with Crippen LogP contribution in [0.3, 0.4) is 0 Å². The molecule has 0 saturated carbocycles. The second-order valence-corrected chi connectivity index (χ2v) is 4.06. The molecule has 0 aromatic heterocycles. The first-order valence-corrected chi connectivity index (χ1v) is 5.20. The third-order valence-corrected chi connectivity index (χ3v) is 3.46. The average Bonchev–Trinajstić information content (AvgIpc) is 2.19. The molecule has 6 nitrogen and oxygen atoms in total. The fraction of sp³-hybridized carbons (Fsp3) is 0.714. The van der Waals surface area contributed by atoms with Crippen molar-refractivity contribution in [3.05, 3.63) is 11.1 Å². The molecule has 14 heavy (non-hydrogen) atoms. The summed E-state index contributed by atoms with van der Waals surface area (Å²) in [6.45, 7) is -0.722. The van der Waals surface area contributed by atoms with Crippen LogP contribution in [0.2, 0.25) is 0 Å². The Kier molecular flexibility index (Phi) is 2.86. The summed E-state index contributed by atoms with van der Waals surface area (Å²) in [6, 6.07) is 0. The second kappa shape index (κ2) is 3.83. The lowest BCUT2D eigenvalue weighted by Gasteiger charge is -2.49. The summed E-state index contributed by atoms with van der Waals surface area (Å²) in [4.78, 5) is 0. The van der Waals surface area contributed by atoms with Gasteiger partial charge in [0.1, 0.15) is 6.61 Å². The van der Waals surface area contributed by atoms with Gasteiger partial charge in [-0.25, -0.2) is 0 Å². The number of hydrogen-bond acceptors (Lipinski definition) is 6. The molecule has 0 aliphatic carbocycles. The SMILES string of the molecule is OCC(CO)=C1COP2OC1(CO)O2. The fourth-order valence-electron chi connectivity index (χ4n) is 1.40. The Morgan fingerprint density at radius 2 is 1.93 bits per heavy atom. The Bertz CT molecular complexity index is 253. The highest BCUT2D eigenvalue weighted by Crippen LogP contribution is 2.64. The van der Waals surface area contributed by atoms with Crippen LogP contribution < -0.4 is 0 Å². The topological polar surface area (TPSA) is 88.4 Å². The van der Waals surface area contributed by atoms with Crippen molar-refractivity contribution in [3.63, 3.8) is 0 Å². The van der Waals surface area contributed by atoms with Crippen molar-refractivity contribution in [2.24, 2.45) is 0 Å². The summed E-state index contributed by atoms with van der Waals surface area (Å²) in [7, 11) is -1.32. The molecule has 3 fully saturated rings. The highest BCUT2D eigenvalue weighted by Gasteiger charge is 2.57. The molecule has 0 aromatic carbocycles. The first-order chi connectivity index (χ1) is 6.75. The Morgan fingerprint density at radius 3 is 2.43 bits per heavy atom. The summed E-state index contributed by atoms with van der Waals surface area (Å²) >= 11 is 0. The molecule has 3 aliphatic rings. The zero-order valence-electron chi connectivity index (χ0n) is 7.34. The van der Waals surface area contributed by atoms with Gasteiger partial charge in [0.15, 0.2) is 0 Å². The van der Waals surface area contributed by atoms with E-state index in [2.05, 4.69) is 0 Å². The highest BCUT2D eigenvalue weighted by molar-refractivity contribution is 7.43. The van der Waals surface area contributed by atoms with Crippen LogP contribution in [0.15, 0.2) is 11.1 Å². The molecule has 0 spiro atoms. The molecule has 0 unspecified atom stereocenters. The molecule has 3 saturated heterocycles. The Hall–Kier alpha value is -0.0700. The van der Waals surface area contributed by atoms with Crippen molar-refractivity contribution in [1.29, 1.82) is 0 Å². The van der Waals surface area contributed by atoms with Crippen LogP contribution in [-0.4, -0.2) is 47.5 Å². The molecular weight excluding hydrogens is 211 g/mol. The van der Waals surface area contributed by atoms with Crippen LogP contribution in [-0.2, 0) is 13.6 Å². The van der Waals surface area contributed by atoms with Gasteiger partial charge >= 0.3 is 8.60 Å². The molecule has 2 bridgehead atoms. The van der Waals surface area contributed by atoms with Crippen molar-refractivity contribution in [3.8, 4) is 0 Å². The van der Waals surface area contributed by atoms with Gasteiger partial charge in [0.05, 0.1) is 19.8 Å². The number of hydrogen-bond donors (Lipinski definition) is 3. The van der Waals surface area contributed by atoms with Crippen LogP contribution >= 0.6 is 8.60 Å². The molecule has 0 radical (unpaired) electrons. The van der Waals surface area contributed by atoms with E-state index in [4.69, 9.17) is 28.9 Å². The minimum atomic E-state index is -1.32. The largest absolute Gasteiger partial charge is 0.392 e. The van der Waals surface area contributed by atoms with Gasteiger partial charge < -0.3 is 19.8 Å². The maximum absolute atomic E-state index is 9.11. The van der Waals surface area contributed by atoms with Crippen molar-refractivity contribution < 1.29 is 28.9 Å². The maximum Gasteiger partial charge on any atom is 0.339 e. The van der Waals surface area contributed by atoms with E-state index in [9.17, 15) is 0 Å². The highest BCUT2D eigenvalue weighted by atomic mass is 31.2. The summed E-state index contributed by atoms with van der Waals surface area (Å²) in [6.07, 6.45) is 0. The number of fused-ring (bicyclic) bond motifs is 2. The minimum Gasteiger partial charge on any atom is -0.392 e. The van der Waals surface area contributed by atoms with E-state index in [1.54, 1.807) is 0 Å². The normalized spacial score (nSPS) is 35.4. The van der Waals surface area contributed by atoms with Crippen LogP contribution in [0.4, 0.5) is 0 Å². The summed E-state index contributed by atoms with van der Waals surface area (Å²) in [5.41, 5.74) is 0.850. The van der Waals surface area contributed by atoms with Gasteiger partial charge in [-0.05, 0) is 5.57 Å². The van der Waals surface area contributed by atoms with Gasteiger partial charge in [0, 0.05) is 5.57 Å². The van der Waals surface area contributed by atoms with Crippen LogP contribution in [0.5, 0.6) is 0 Å². The molecule has 3 N–H and O–H groups in total. The van der Waals surface area contributed by atoms with Gasteiger partial charge in [-0.15, -0.1) is 0 Å². The van der Waals surface area contributed by atoms with E-state index < -0.39 is 14.4 Å². The first-order valence-electron chi connectivity index (χ1n) is 4.11. The van der Waals surface area contributed by atoms with E-state index in [0.717, 1.165) is 0 Å². The van der Waals surface area contributed by atoms with E-state index >= 15 is 0 Å². The van der Waals surface area contributed by atoms with Crippen molar-refractivity contribution in [2.45, 2.75) is 5.79 Å². The molecule has 3 aliphatic heterocycles. The number of aliphatic hydroxyl groups is 3. The predicted octanol–water partition coefficient (Wildman–Crippen LogP) is -0.740. The number of aliphatic hydroxyl groups excluding tert-OH is 3. The summed E-state index contributed by atoms with van der Waals surface area (Å²) in [5.74, 6) is -1.18. The lowest BCUT2D eigenvalue weighted by Crippen LogP contribution is -2.52. The summed E-state index contributed by atoms with van der Waals surface area (Å²) in [5, 5.41) is 27.0. The predicted molar refractivity (Wildman–Crippen MR) is 46.1 cm³/mol. The van der Waals surface area contributed by atoms with Crippen molar-refractivity contribution in [1.82, 2.24) is 0 Å². The smallest absolute Gasteiger partial charge is 0.339 e. The van der Waals surface area contributed by atoms with Gasteiger partial charge in [0.25, 0.3) is 0 Å². The minimum absolute atomic E-state index is 0.225. The molecule has 0 amide bonds. The third kappa shape index (κ3) is 1.40. The Labute approximate surface area is 81.7 Å². The Balaban J connectivity index is 2.27. The van der Waals surface area contributed by atoms with Crippen LogP contribution in [0.1, 0.15) is 0 Å². The van der Waals surface area contributed by atoms with Crippen molar-refractivity contribution >= 4 is 8.60 Å². The molecule has 0 atom stereocenters. The molecular formula is C7H11O6P. The summed E-state index contributed by atoms with van der Waals surface area (Å²) < 4.78 is 15.5. The molecule has 7 heteroatoms. The van der Waals surface area contributed by atoms with Gasteiger partial charge in [-0.2, -0.15) is 0 Å². The van der Waals surface area contributed by atoms with E-state index in [0.29, 0.717) is 11.1 Å². The fourth-order valence-corrected chi connectivity index (χ4v) is 2.57. The van der Waals surface area contributed by atoms with Gasteiger partial charge in [-0.1, -0.05) is 0 Å². The van der Waals surface area contributed by atoms with Crippen molar-refractivity contribution in [2.75, 3.05) is 26.4 Å². The molecule has 3 rings (SSSR count). The second-order valence-electron chi connectivity index (χ2n) is 2.99. The molecule has 3 heterocycles. The number of rotatable bonds is 3. The van der Waals surface area contributed by atoms with E-state index in [1.807, 2.05) is 0 Å². The quantitative estimate of drug-likeness (QED) is 0.430. The monoisotopic (exact) mass is 222 g/mol. The van der Waals surface area contributed by atoms with Crippen LogP contribution in [0, 0.1) is 0 Å². The van der Waals surface area contributed by atoms with Gasteiger partial charge in [-0.3, -0.25) is 9.05 Å².